The zero-order chi connectivity index (χ0) is 33.7. The minimum Gasteiger partial charge on any atom is -0.490 e. The zero-order valence-corrected chi connectivity index (χ0v) is 27.8. The van der Waals surface area contributed by atoms with Crippen LogP contribution in [0.15, 0.2) is 42.5 Å². The Kier molecular flexibility index (Phi) is 8.73. The van der Waals surface area contributed by atoms with Crippen molar-refractivity contribution in [3.8, 4) is 28.1 Å². The van der Waals surface area contributed by atoms with Gasteiger partial charge < -0.3 is 24.2 Å². The number of carbonyl (C=O) groups is 1. The van der Waals surface area contributed by atoms with Crippen LogP contribution in [0.1, 0.15) is 77.7 Å². The number of carboxylic acid groups (broad SMARTS) is 1. The zero-order valence-electron chi connectivity index (χ0n) is 27.8. The van der Waals surface area contributed by atoms with Gasteiger partial charge in [-0.15, -0.1) is 0 Å². The summed E-state index contributed by atoms with van der Waals surface area (Å²) < 4.78 is 50.3. The van der Waals surface area contributed by atoms with Crippen molar-refractivity contribution in [1.82, 2.24) is 14.6 Å². The molecule has 250 valence electrons. The van der Waals surface area contributed by atoms with E-state index in [9.17, 15) is 14.3 Å². The highest BCUT2D eigenvalue weighted by atomic mass is 19.1. The third-order valence-electron chi connectivity index (χ3n) is 8.88. The van der Waals surface area contributed by atoms with Gasteiger partial charge in [-0.05, 0) is 78.9 Å². The number of aliphatic carboxylic acids is 1. The third kappa shape index (κ3) is 6.82. The molecule has 11 heteroatoms. The van der Waals surface area contributed by atoms with Gasteiger partial charge in [0.05, 0.1) is 34.1 Å². The molecule has 1 fully saturated rings. The third-order valence-corrected chi connectivity index (χ3v) is 8.88. The number of benzene rings is 2. The quantitative estimate of drug-likeness (QED) is 0.244. The van der Waals surface area contributed by atoms with Crippen LogP contribution >= 0.6 is 0 Å². The molecule has 3 aliphatic heterocycles. The maximum Gasteiger partial charge on any atom is 0.337 e. The van der Waals surface area contributed by atoms with Gasteiger partial charge in [0.25, 0.3) is 0 Å². The van der Waals surface area contributed by atoms with Crippen molar-refractivity contribution < 1.29 is 32.9 Å². The number of hydrogen-bond acceptors (Lipinski definition) is 7. The standard InChI is InChI=1S/C36H42F2N4O5/c1-21-9-8-16-45-36(6)12-14-41(15-13-36)33-30(32(34(43)44)47-35(3,4)5)22(2)39-29-20-27(40-42(29)33)23-10-7-11-24(17-23)31-26(38)18-25(37)19-28(31)46-21/h7,10-11,17-21,32H,8-9,12-16H2,1-6H3,(H,43,44)/t21-,32-/m0/s1. The molecular weight excluding hydrogens is 606 g/mol. The van der Waals surface area contributed by atoms with E-state index in [1.54, 1.807) is 29.6 Å². The smallest absolute Gasteiger partial charge is 0.337 e. The highest BCUT2D eigenvalue weighted by Crippen LogP contribution is 2.40. The van der Waals surface area contributed by atoms with E-state index in [0.717, 1.165) is 6.07 Å². The van der Waals surface area contributed by atoms with Crippen LogP contribution in [-0.2, 0) is 14.3 Å². The molecule has 3 aliphatic rings. The molecule has 0 radical (unpaired) electrons. The molecular formula is C36H42F2N4O5. The average Bonchev–Trinajstić information content (AvgIpc) is 3.41. The van der Waals surface area contributed by atoms with Crippen molar-refractivity contribution in [1.29, 1.82) is 0 Å². The van der Waals surface area contributed by atoms with Crippen LogP contribution in [-0.4, -0.2) is 62.7 Å². The molecule has 0 amide bonds. The van der Waals surface area contributed by atoms with E-state index in [2.05, 4.69) is 11.8 Å². The van der Waals surface area contributed by atoms with Crippen LogP contribution in [0.3, 0.4) is 0 Å². The molecule has 0 spiro atoms. The number of fused-ring (bicyclic) bond motifs is 7. The van der Waals surface area contributed by atoms with Gasteiger partial charge in [-0.2, -0.15) is 9.61 Å². The molecule has 2 aromatic carbocycles. The second kappa shape index (κ2) is 12.5. The Morgan fingerprint density at radius 2 is 1.85 bits per heavy atom. The molecule has 7 rings (SSSR count). The van der Waals surface area contributed by atoms with E-state index in [4.69, 9.17) is 24.3 Å². The minimum absolute atomic E-state index is 0.127. The van der Waals surface area contributed by atoms with Crippen molar-refractivity contribution >= 4 is 17.4 Å². The molecule has 1 saturated heterocycles. The van der Waals surface area contributed by atoms with Crippen LogP contribution in [0, 0.1) is 18.6 Å². The average molecular weight is 649 g/mol. The molecule has 9 nitrogen and oxygen atoms in total. The number of aromatic nitrogens is 3. The van der Waals surface area contributed by atoms with Gasteiger partial charge in [0, 0.05) is 49.2 Å². The topological polar surface area (TPSA) is 98.4 Å². The second-order valence-electron chi connectivity index (χ2n) is 13.9. The van der Waals surface area contributed by atoms with E-state index in [0.29, 0.717) is 84.9 Å². The van der Waals surface area contributed by atoms with Crippen LogP contribution < -0.4 is 9.64 Å². The Morgan fingerprint density at radius 1 is 1.13 bits per heavy atom. The molecule has 0 aliphatic carbocycles. The number of rotatable bonds is 3. The summed E-state index contributed by atoms with van der Waals surface area (Å²) in [7, 11) is 0. The SMILES string of the molecule is Cc1nc2cc3nn2c(c1[C@H](OC(C)(C)C)C(=O)O)N1CCC(C)(CC1)OCCC[C@H](C)Oc1cc(F)cc(F)c1-c1cccc-3c1. The molecule has 5 heterocycles. The monoisotopic (exact) mass is 648 g/mol. The van der Waals surface area contributed by atoms with E-state index in [-0.39, 0.29) is 23.0 Å². The molecule has 1 N–H and O–H groups in total. The first-order valence-electron chi connectivity index (χ1n) is 16.2. The summed E-state index contributed by atoms with van der Waals surface area (Å²) in [6.45, 7) is 13.0. The fourth-order valence-electron chi connectivity index (χ4n) is 6.51. The van der Waals surface area contributed by atoms with Crippen molar-refractivity contribution in [3.63, 3.8) is 0 Å². The first kappa shape index (κ1) is 32.8. The van der Waals surface area contributed by atoms with Gasteiger partial charge in [0.2, 0.25) is 0 Å². The maximum atomic E-state index is 15.5. The van der Waals surface area contributed by atoms with Crippen LogP contribution in [0.2, 0.25) is 0 Å². The van der Waals surface area contributed by atoms with Crippen molar-refractivity contribution in [2.24, 2.45) is 0 Å². The summed E-state index contributed by atoms with van der Waals surface area (Å²) in [5.41, 5.74) is 2.29. The molecule has 0 unspecified atom stereocenters. The Hall–Kier alpha value is -4.09. The number of carboxylic acids is 1. The Morgan fingerprint density at radius 3 is 2.55 bits per heavy atom. The molecule has 2 aromatic heterocycles. The first-order valence-corrected chi connectivity index (χ1v) is 16.2. The van der Waals surface area contributed by atoms with Gasteiger partial charge in [-0.25, -0.2) is 18.6 Å². The number of anilines is 1. The fraction of sp³-hybridized carbons (Fsp3) is 0.472. The van der Waals surface area contributed by atoms with E-state index in [1.807, 2.05) is 39.8 Å². The summed E-state index contributed by atoms with van der Waals surface area (Å²) in [5.74, 6) is -1.82. The molecule has 6 bridgehead atoms. The lowest BCUT2D eigenvalue weighted by molar-refractivity contribution is -0.160. The second-order valence-corrected chi connectivity index (χ2v) is 13.9. The summed E-state index contributed by atoms with van der Waals surface area (Å²) in [5, 5.41) is 15.4. The number of ether oxygens (including phenoxy) is 3. The molecule has 4 aromatic rings. The first-order chi connectivity index (χ1) is 22.2. The number of halogens is 2. The lowest BCUT2D eigenvalue weighted by Crippen LogP contribution is -2.46. The van der Waals surface area contributed by atoms with Gasteiger partial charge in [-0.3, -0.25) is 0 Å². The van der Waals surface area contributed by atoms with Crippen molar-refractivity contribution in [3.05, 3.63) is 65.4 Å². The maximum absolute atomic E-state index is 15.5. The number of hydrogen-bond donors (Lipinski definition) is 1. The summed E-state index contributed by atoms with van der Waals surface area (Å²) >= 11 is 0. The van der Waals surface area contributed by atoms with Crippen LogP contribution in [0.25, 0.3) is 28.0 Å². The number of aryl methyl sites for hydroxylation is 1. The molecule has 0 saturated carbocycles. The van der Waals surface area contributed by atoms with E-state index >= 15 is 4.39 Å². The predicted octanol–water partition coefficient (Wildman–Crippen LogP) is 7.53. The lowest BCUT2D eigenvalue weighted by Gasteiger charge is -2.41. The van der Waals surface area contributed by atoms with Gasteiger partial charge in [0.15, 0.2) is 11.8 Å². The van der Waals surface area contributed by atoms with Crippen LogP contribution in [0.5, 0.6) is 5.75 Å². The Labute approximate surface area is 273 Å². The molecule has 2 atom stereocenters. The lowest BCUT2D eigenvalue weighted by atomic mass is 9.92. The van der Waals surface area contributed by atoms with Crippen molar-refractivity contribution in [2.45, 2.75) is 90.6 Å². The van der Waals surface area contributed by atoms with Gasteiger partial charge in [-0.1, -0.05) is 18.2 Å². The Balaban J connectivity index is 1.56. The van der Waals surface area contributed by atoms with Crippen molar-refractivity contribution in [2.75, 3.05) is 24.6 Å². The predicted molar refractivity (Wildman–Crippen MR) is 175 cm³/mol. The van der Waals surface area contributed by atoms with Crippen LogP contribution in [0.4, 0.5) is 14.6 Å². The van der Waals surface area contributed by atoms with E-state index in [1.165, 1.54) is 6.07 Å². The van der Waals surface area contributed by atoms with E-state index < -0.39 is 29.3 Å². The fourth-order valence-corrected chi connectivity index (χ4v) is 6.51. The normalized spacial score (nSPS) is 21.1. The number of nitrogens with zero attached hydrogens (tertiary/aromatic N) is 4. The molecule has 47 heavy (non-hydrogen) atoms. The highest BCUT2D eigenvalue weighted by Gasteiger charge is 2.38. The minimum atomic E-state index is -1.29. The summed E-state index contributed by atoms with van der Waals surface area (Å²) in [4.78, 5) is 19.7. The Bertz CT molecular complexity index is 1810. The highest BCUT2D eigenvalue weighted by molar-refractivity contribution is 5.80. The summed E-state index contributed by atoms with van der Waals surface area (Å²) in [6.07, 6.45) is 1.17. The van der Waals surface area contributed by atoms with Gasteiger partial charge in [0.1, 0.15) is 23.2 Å². The number of piperidine rings is 1. The summed E-state index contributed by atoms with van der Waals surface area (Å²) in [6, 6.07) is 11.1. The largest absolute Gasteiger partial charge is 0.490 e. The van der Waals surface area contributed by atoms with Gasteiger partial charge >= 0.3 is 5.97 Å².